The summed E-state index contributed by atoms with van der Waals surface area (Å²) in [6, 6.07) is 6.03. The fourth-order valence-electron chi connectivity index (χ4n) is 5.64. The third kappa shape index (κ3) is 4.20. The van der Waals surface area contributed by atoms with Gasteiger partial charge in [-0.15, -0.1) is 0 Å². The highest BCUT2D eigenvalue weighted by atomic mass is 16.5. The van der Waals surface area contributed by atoms with Crippen molar-refractivity contribution in [3.63, 3.8) is 0 Å². The number of ketones is 2. The van der Waals surface area contributed by atoms with Crippen LogP contribution in [0.25, 0.3) is 0 Å². The molecule has 2 aromatic carbocycles. The lowest BCUT2D eigenvalue weighted by Gasteiger charge is -2.38. The first-order valence-electron chi connectivity index (χ1n) is 12.4. The maximum Gasteiger partial charge on any atom is 0.200 e. The highest BCUT2D eigenvalue weighted by Gasteiger charge is 2.40. The van der Waals surface area contributed by atoms with Crippen molar-refractivity contribution in [2.75, 3.05) is 76.3 Å². The average molecular weight is 497 g/mol. The summed E-state index contributed by atoms with van der Waals surface area (Å²) in [6.07, 6.45) is 1.26. The second-order valence-corrected chi connectivity index (χ2v) is 10.5. The maximum atomic E-state index is 13.9. The van der Waals surface area contributed by atoms with Gasteiger partial charge < -0.3 is 39.7 Å². The quantitative estimate of drug-likeness (QED) is 0.314. The van der Waals surface area contributed by atoms with E-state index in [1.807, 2.05) is 9.80 Å². The van der Waals surface area contributed by atoms with Crippen molar-refractivity contribution < 1.29 is 29.1 Å². The molecule has 36 heavy (non-hydrogen) atoms. The van der Waals surface area contributed by atoms with Crippen LogP contribution in [0.1, 0.15) is 44.7 Å². The van der Waals surface area contributed by atoms with Gasteiger partial charge >= 0.3 is 0 Å². The number of benzene rings is 2. The number of phenolic OH excluding ortho intramolecular Hbond substituents is 2. The first-order valence-corrected chi connectivity index (χ1v) is 12.4. The number of hydrogen-bond donors (Lipinski definition) is 2. The fourth-order valence-corrected chi connectivity index (χ4v) is 5.64. The van der Waals surface area contributed by atoms with Crippen LogP contribution in [-0.4, -0.2) is 97.5 Å². The fraction of sp³-hybridized carbons (Fsp3) is 0.462. The minimum Gasteiger partial charge on any atom is -0.633 e. The predicted molar refractivity (Wildman–Crippen MR) is 135 cm³/mol. The summed E-state index contributed by atoms with van der Waals surface area (Å²) in [6.45, 7) is 3.54. The van der Waals surface area contributed by atoms with Gasteiger partial charge in [0.1, 0.15) is 11.5 Å². The summed E-state index contributed by atoms with van der Waals surface area (Å²) in [5.41, 5.74) is 1.03. The number of rotatable bonds is 2. The zero-order valence-electron chi connectivity index (χ0n) is 20.7. The van der Waals surface area contributed by atoms with Gasteiger partial charge in [0.25, 0.3) is 0 Å². The molecule has 2 aliphatic heterocycles. The Morgan fingerprint density at radius 3 is 1.42 bits per heavy atom. The molecular weight excluding hydrogens is 464 g/mol. The van der Waals surface area contributed by atoms with E-state index in [0.29, 0.717) is 76.6 Å². The Morgan fingerprint density at radius 1 is 0.639 bits per heavy atom. The molecule has 0 spiro atoms. The summed E-state index contributed by atoms with van der Waals surface area (Å²) in [4.78, 5) is 31.8. The lowest BCUT2D eigenvalue weighted by molar-refractivity contribution is -0.858. The molecule has 5 rings (SSSR count). The predicted octanol–water partition coefficient (Wildman–Crippen LogP) is 2.18. The number of hydroxylamine groups is 6. The van der Waals surface area contributed by atoms with E-state index in [9.17, 15) is 30.2 Å². The molecule has 0 amide bonds. The number of aromatic hydroxyl groups is 2. The standard InChI is InChI=1S/C26H32N4O6/c1-29(35)13-3-9-27(11-15-29)17-5-6-18(28-10-4-14-30(2,36)16-12-28)22-21(17)25(33)23-19(31)7-8-20(32)24(23)26(22)34/h5-8,31-32H,3-4,9-16H2,1-2H3. The Hall–Kier alpha value is -3.18. The van der Waals surface area contributed by atoms with Crippen LogP contribution in [0.5, 0.6) is 11.5 Å². The molecule has 2 atom stereocenters. The summed E-state index contributed by atoms with van der Waals surface area (Å²) in [5, 5.41) is 46.3. The van der Waals surface area contributed by atoms with Crippen LogP contribution >= 0.6 is 0 Å². The number of fused-ring (bicyclic) bond motifs is 2. The van der Waals surface area contributed by atoms with Crippen LogP contribution in [0.4, 0.5) is 11.4 Å². The summed E-state index contributed by atoms with van der Waals surface area (Å²) < 4.78 is -0.748. The molecule has 0 saturated carbocycles. The molecule has 2 unspecified atom stereocenters. The number of nitrogens with zero attached hydrogens (tertiary/aromatic N) is 4. The van der Waals surface area contributed by atoms with Gasteiger partial charge in [0.15, 0.2) is 0 Å². The van der Waals surface area contributed by atoms with Crippen LogP contribution in [0, 0.1) is 10.4 Å². The van der Waals surface area contributed by atoms with Gasteiger partial charge in [0.2, 0.25) is 11.6 Å². The van der Waals surface area contributed by atoms with Crippen molar-refractivity contribution in [2.24, 2.45) is 0 Å². The van der Waals surface area contributed by atoms with Crippen LogP contribution in [0.2, 0.25) is 0 Å². The minimum absolute atomic E-state index is 0.177. The number of anilines is 2. The van der Waals surface area contributed by atoms with E-state index < -0.39 is 11.6 Å². The van der Waals surface area contributed by atoms with Crippen LogP contribution < -0.4 is 9.80 Å². The van der Waals surface area contributed by atoms with Gasteiger partial charge in [-0.3, -0.25) is 9.59 Å². The van der Waals surface area contributed by atoms with Gasteiger partial charge in [-0.25, -0.2) is 0 Å². The highest BCUT2D eigenvalue weighted by Crippen LogP contribution is 2.44. The van der Waals surface area contributed by atoms with Crippen molar-refractivity contribution in [1.82, 2.24) is 0 Å². The molecule has 2 N–H and O–H groups in total. The molecule has 10 nitrogen and oxygen atoms in total. The first-order chi connectivity index (χ1) is 17.0. The Kier molecular flexibility index (Phi) is 5.95. The Balaban J connectivity index is 1.68. The number of carbonyl (C=O) groups is 2. The topological polar surface area (TPSA) is 127 Å². The van der Waals surface area contributed by atoms with E-state index in [2.05, 4.69) is 0 Å². The Labute approximate surface area is 209 Å². The second-order valence-electron chi connectivity index (χ2n) is 10.5. The molecule has 2 heterocycles. The number of carbonyl (C=O) groups excluding carboxylic acids is 2. The molecular formula is C26H32N4O6. The van der Waals surface area contributed by atoms with Crippen molar-refractivity contribution in [1.29, 1.82) is 0 Å². The minimum atomic E-state index is -0.535. The summed E-state index contributed by atoms with van der Waals surface area (Å²) in [5.74, 6) is -1.80. The lowest BCUT2D eigenvalue weighted by atomic mass is 9.80. The summed E-state index contributed by atoms with van der Waals surface area (Å²) in [7, 11) is 3.27. The van der Waals surface area contributed by atoms with Crippen molar-refractivity contribution >= 4 is 22.9 Å². The molecule has 10 heteroatoms. The van der Waals surface area contributed by atoms with Crippen molar-refractivity contribution in [3.8, 4) is 11.5 Å². The third-order valence-corrected chi connectivity index (χ3v) is 7.72. The molecule has 0 radical (unpaired) electrons. The number of likely N-dealkylation sites (N-methyl/N-ethyl adjacent to an activating group) is 2. The van der Waals surface area contributed by atoms with Gasteiger partial charge in [-0.1, -0.05) is 0 Å². The molecule has 3 aliphatic rings. The lowest BCUT2D eigenvalue weighted by Crippen LogP contribution is -2.41. The third-order valence-electron chi connectivity index (χ3n) is 7.72. The Bertz CT molecular complexity index is 1150. The van der Waals surface area contributed by atoms with E-state index in [0.717, 1.165) is 0 Å². The Morgan fingerprint density at radius 2 is 1.03 bits per heavy atom. The van der Waals surface area contributed by atoms with E-state index >= 15 is 0 Å². The number of hydrogen-bond acceptors (Lipinski definition) is 8. The molecule has 192 valence electrons. The molecule has 0 aromatic heterocycles. The molecule has 2 fully saturated rings. The van der Waals surface area contributed by atoms with Crippen molar-refractivity contribution in [3.05, 3.63) is 56.9 Å². The van der Waals surface area contributed by atoms with Crippen molar-refractivity contribution in [2.45, 2.75) is 12.8 Å². The van der Waals surface area contributed by atoms with Gasteiger partial charge in [0, 0.05) is 37.3 Å². The molecule has 2 saturated heterocycles. The maximum absolute atomic E-state index is 13.9. The van der Waals surface area contributed by atoms with Crippen LogP contribution in [-0.2, 0) is 0 Å². The second kappa shape index (κ2) is 8.74. The normalized spacial score (nSPS) is 26.8. The van der Waals surface area contributed by atoms with E-state index in [1.165, 1.54) is 12.1 Å². The van der Waals surface area contributed by atoms with Crippen LogP contribution in [0.15, 0.2) is 24.3 Å². The average Bonchev–Trinajstić information content (AvgIpc) is 3.11. The largest absolute Gasteiger partial charge is 0.633 e. The molecule has 2 aromatic rings. The molecule has 0 bridgehead atoms. The zero-order valence-corrected chi connectivity index (χ0v) is 20.7. The smallest absolute Gasteiger partial charge is 0.200 e. The number of quaternary nitrogens is 2. The highest BCUT2D eigenvalue weighted by molar-refractivity contribution is 6.33. The summed E-state index contributed by atoms with van der Waals surface area (Å²) >= 11 is 0. The zero-order chi connectivity index (χ0) is 25.8. The number of phenols is 2. The van der Waals surface area contributed by atoms with E-state index in [1.54, 1.807) is 26.2 Å². The van der Waals surface area contributed by atoms with Crippen LogP contribution in [0.3, 0.4) is 0 Å². The SMILES string of the molecule is C[N+]1([O-])CCCN(c2ccc(N3CCC[N+](C)([O-])CC3)c3c2C(=O)c2c(O)ccc(O)c2C3=O)CC1. The monoisotopic (exact) mass is 496 g/mol. The van der Waals surface area contributed by atoms with E-state index in [-0.39, 0.29) is 43.0 Å². The first kappa shape index (κ1) is 24.5. The van der Waals surface area contributed by atoms with Gasteiger partial charge in [-0.05, 0) is 24.3 Å². The van der Waals surface area contributed by atoms with Gasteiger partial charge in [0.05, 0.1) is 75.6 Å². The van der Waals surface area contributed by atoms with E-state index in [4.69, 9.17) is 0 Å². The molecule has 1 aliphatic carbocycles. The van der Waals surface area contributed by atoms with Gasteiger partial charge in [-0.2, -0.15) is 0 Å².